The van der Waals surface area contributed by atoms with Crippen LogP contribution in [-0.2, 0) is 9.47 Å². The van der Waals surface area contributed by atoms with Crippen LogP contribution in [0.2, 0.25) is 0 Å². The predicted molar refractivity (Wildman–Crippen MR) is 97.5 cm³/mol. The molecule has 0 bridgehead atoms. The summed E-state index contributed by atoms with van der Waals surface area (Å²) in [7, 11) is 1.30. The van der Waals surface area contributed by atoms with Crippen LogP contribution in [0.5, 0.6) is 0 Å². The Morgan fingerprint density at radius 1 is 0.885 bits per heavy atom. The van der Waals surface area contributed by atoms with Gasteiger partial charge in [0.25, 0.3) is 0 Å². The molecule has 0 atom stereocenters. The van der Waals surface area contributed by atoms with Gasteiger partial charge in [-0.3, -0.25) is 10.1 Å². The van der Waals surface area contributed by atoms with E-state index in [-0.39, 0.29) is 5.78 Å². The maximum absolute atomic E-state index is 12.6. The van der Waals surface area contributed by atoms with E-state index in [1.807, 2.05) is 0 Å². The van der Waals surface area contributed by atoms with Crippen LogP contribution in [0.3, 0.4) is 0 Å². The lowest BCUT2D eigenvalue weighted by molar-refractivity contribution is 0.0598. The van der Waals surface area contributed by atoms with E-state index >= 15 is 0 Å². The Morgan fingerprint density at radius 3 is 2.08 bits per heavy atom. The molecule has 1 N–H and O–H groups in total. The number of rotatable bonds is 4. The zero-order valence-electron chi connectivity index (χ0n) is 15.2. The van der Waals surface area contributed by atoms with E-state index in [1.54, 1.807) is 57.2 Å². The van der Waals surface area contributed by atoms with Crippen molar-refractivity contribution in [3.63, 3.8) is 0 Å². The zero-order valence-corrected chi connectivity index (χ0v) is 15.2. The summed E-state index contributed by atoms with van der Waals surface area (Å²) in [5, 5.41) is 2.60. The smallest absolute Gasteiger partial charge is 0.412 e. The van der Waals surface area contributed by atoms with E-state index in [1.165, 1.54) is 19.2 Å². The lowest BCUT2D eigenvalue weighted by atomic mass is 10.0. The van der Waals surface area contributed by atoms with Crippen molar-refractivity contribution in [3.8, 4) is 0 Å². The molecule has 0 fully saturated rings. The van der Waals surface area contributed by atoms with Gasteiger partial charge in [-0.15, -0.1) is 0 Å². The molecule has 0 unspecified atom stereocenters. The Labute approximate surface area is 152 Å². The predicted octanol–water partition coefficient (Wildman–Crippen LogP) is 4.05. The fraction of sp³-hybridized carbons (Fsp3) is 0.250. The van der Waals surface area contributed by atoms with Gasteiger partial charge in [0.2, 0.25) is 0 Å². The van der Waals surface area contributed by atoms with E-state index in [4.69, 9.17) is 4.74 Å². The molecule has 0 saturated heterocycles. The molecular weight excluding hydrogens is 334 g/mol. The highest BCUT2D eigenvalue weighted by atomic mass is 16.6. The number of ether oxygens (including phenoxy) is 2. The van der Waals surface area contributed by atoms with Crippen LogP contribution in [0, 0.1) is 0 Å². The Balaban J connectivity index is 2.15. The molecule has 6 nitrogen and oxygen atoms in total. The van der Waals surface area contributed by atoms with Crippen molar-refractivity contribution in [1.82, 2.24) is 0 Å². The van der Waals surface area contributed by atoms with Crippen LogP contribution < -0.4 is 5.32 Å². The molecule has 0 aliphatic carbocycles. The molecular formula is C20H21NO5. The van der Waals surface area contributed by atoms with Crippen molar-refractivity contribution >= 4 is 23.5 Å². The summed E-state index contributed by atoms with van der Waals surface area (Å²) in [6.45, 7) is 5.31. The molecule has 0 saturated carbocycles. The van der Waals surface area contributed by atoms with Crippen LogP contribution in [0.4, 0.5) is 10.5 Å². The number of anilines is 1. The molecule has 0 spiro atoms. The second-order valence-electron chi connectivity index (χ2n) is 6.61. The summed E-state index contributed by atoms with van der Waals surface area (Å²) >= 11 is 0. The van der Waals surface area contributed by atoms with Gasteiger partial charge in [0.1, 0.15) is 5.60 Å². The van der Waals surface area contributed by atoms with Crippen LogP contribution >= 0.6 is 0 Å². The van der Waals surface area contributed by atoms with Crippen molar-refractivity contribution in [2.24, 2.45) is 0 Å². The minimum Gasteiger partial charge on any atom is -0.465 e. The lowest BCUT2D eigenvalue weighted by Crippen LogP contribution is -2.27. The summed E-state index contributed by atoms with van der Waals surface area (Å²) in [4.78, 5) is 35.9. The monoisotopic (exact) mass is 355 g/mol. The zero-order chi connectivity index (χ0) is 19.3. The van der Waals surface area contributed by atoms with E-state index < -0.39 is 17.7 Å². The van der Waals surface area contributed by atoms with Gasteiger partial charge in [-0.2, -0.15) is 0 Å². The van der Waals surface area contributed by atoms with E-state index in [0.29, 0.717) is 22.4 Å². The minimum absolute atomic E-state index is 0.228. The molecule has 6 heteroatoms. The number of hydrogen-bond donors (Lipinski definition) is 1. The molecule has 0 aliphatic rings. The maximum Gasteiger partial charge on any atom is 0.412 e. The fourth-order valence-corrected chi connectivity index (χ4v) is 2.20. The van der Waals surface area contributed by atoms with Crippen LogP contribution in [-0.4, -0.2) is 30.6 Å². The first-order valence-electron chi connectivity index (χ1n) is 8.03. The highest BCUT2D eigenvalue weighted by Gasteiger charge is 2.17. The first-order chi connectivity index (χ1) is 12.2. The summed E-state index contributed by atoms with van der Waals surface area (Å²) in [5.74, 6) is -0.693. The summed E-state index contributed by atoms with van der Waals surface area (Å²) in [5.41, 5.74) is 1.04. The van der Waals surface area contributed by atoms with Crippen molar-refractivity contribution in [2.45, 2.75) is 26.4 Å². The van der Waals surface area contributed by atoms with Gasteiger partial charge in [0.15, 0.2) is 5.78 Å². The molecule has 1 amide bonds. The average molecular weight is 355 g/mol. The average Bonchev–Trinajstić information content (AvgIpc) is 2.59. The Kier molecular flexibility index (Phi) is 5.77. The van der Waals surface area contributed by atoms with Gasteiger partial charge in [0, 0.05) is 16.8 Å². The van der Waals surface area contributed by atoms with Gasteiger partial charge in [-0.25, -0.2) is 9.59 Å². The van der Waals surface area contributed by atoms with Crippen LogP contribution in [0.1, 0.15) is 47.1 Å². The van der Waals surface area contributed by atoms with Crippen LogP contribution in [0.25, 0.3) is 0 Å². The molecule has 2 aromatic carbocycles. The lowest BCUT2D eigenvalue weighted by Gasteiger charge is -2.19. The molecule has 0 heterocycles. The third kappa shape index (κ3) is 5.17. The number of methoxy groups -OCH3 is 1. The molecule has 26 heavy (non-hydrogen) atoms. The first kappa shape index (κ1) is 19.2. The third-order valence-electron chi connectivity index (χ3n) is 3.34. The Morgan fingerprint density at radius 2 is 1.50 bits per heavy atom. The van der Waals surface area contributed by atoms with E-state index in [2.05, 4.69) is 10.1 Å². The second-order valence-corrected chi connectivity index (χ2v) is 6.61. The van der Waals surface area contributed by atoms with E-state index in [9.17, 15) is 14.4 Å². The highest BCUT2D eigenvalue weighted by Crippen LogP contribution is 2.17. The summed E-state index contributed by atoms with van der Waals surface area (Å²) in [6, 6.07) is 12.7. The van der Waals surface area contributed by atoms with Crippen LogP contribution in [0.15, 0.2) is 48.5 Å². The second kappa shape index (κ2) is 7.82. The van der Waals surface area contributed by atoms with Crippen molar-refractivity contribution in [2.75, 3.05) is 12.4 Å². The number of benzene rings is 2. The number of hydrogen-bond acceptors (Lipinski definition) is 5. The largest absolute Gasteiger partial charge is 0.465 e. The molecule has 0 radical (unpaired) electrons. The highest BCUT2D eigenvalue weighted by molar-refractivity contribution is 6.10. The van der Waals surface area contributed by atoms with Gasteiger partial charge in [-0.05, 0) is 45.0 Å². The third-order valence-corrected chi connectivity index (χ3v) is 3.34. The number of esters is 1. The van der Waals surface area contributed by atoms with Crippen molar-refractivity contribution < 1.29 is 23.9 Å². The topological polar surface area (TPSA) is 81.7 Å². The number of carbonyl (C=O) groups excluding carboxylic acids is 3. The quantitative estimate of drug-likeness (QED) is 0.661. The number of ketones is 1. The molecule has 0 aromatic heterocycles. The van der Waals surface area contributed by atoms with Gasteiger partial charge in [-0.1, -0.05) is 24.3 Å². The van der Waals surface area contributed by atoms with Gasteiger partial charge >= 0.3 is 12.1 Å². The number of carbonyl (C=O) groups is 3. The van der Waals surface area contributed by atoms with Crippen molar-refractivity contribution in [3.05, 3.63) is 65.2 Å². The van der Waals surface area contributed by atoms with E-state index in [0.717, 1.165) is 0 Å². The number of nitrogens with one attached hydrogen (secondary N) is 1. The normalized spacial score (nSPS) is 10.8. The summed E-state index contributed by atoms with van der Waals surface area (Å²) in [6.07, 6.45) is -0.593. The Hall–Kier alpha value is -3.15. The molecule has 136 valence electrons. The van der Waals surface area contributed by atoms with Gasteiger partial charge < -0.3 is 9.47 Å². The Bertz CT molecular complexity index is 819. The molecule has 0 aliphatic heterocycles. The van der Waals surface area contributed by atoms with Gasteiger partial charge in [0.05, 0.1) is 12.7 Å². The first-order valence-corrected chi connectivity index (χ1v) is 8.03. The summed E-state index contributed by atoms with van der Waals surface area (Å²) < 4.78 is 9.83. The molecule has 2 aromatic rings. The number of amides is 1. The minimum atomic E-state index is -0.612. The SMILES string of the molecule is COC(=O)c1ccc(C(=O)c2cccc(NC(=O)OC(C)(C)C)c2)cc1. The van der Waals surface area contributed by atoms with Crippen molar-refractivity contribution in [1.29, 1.82) is 0 Å². The fourth-order valence-electron chi connectivity index (χ4n) is 2.20. The standard InChI is InChI=1S/C20H21NO5/c1-20(2,3)26-19(24)21-16-7-5-6-15(12-16)17(22)13-8-10-14(11-9-13)18(23)25-4/h5-12H,1-4H3,(H,21,24). The molecule has 2 rings (SSSR count). The maximum atomic E-state index is 12.6.